The summed E-state index contributed by atoms with van der Waals surface area (Å²) in [5.41, 5.74) is 8.48. The number of hydrogen-bond acceptors (Lipinski definition) is 4. The number of carbonyl (C=O) groups is 1. The molecule has 4 rings (SSSR count). The zero-order valence-corrected chi connectivity index (χ0v) is 15.8. The van der Waals surface area contributed by atoms with E-state index in [9.17, 15) is 4.79 Å². The molecule has 0 spiro atoms. The maximum Gasteiger partial charge on any atom is 0.325 e. The van der Waals surface area contributed by atoms with Gasteiger partial charge >= 0.3 is 6.03 Å². The molecule has 2 heterocycles. The maximum absolute atomic E-state index is 13.2. The van der Waals surface area contributed by atoms with E-state index >= 15 is 0 Å². The van der Waals surface area contributed by atoms with Gasteiger partial charge in [0, 0.05) is 18.8 Å². The number of nitrogen functional groups attached to an aromatic ring is 1. The van der Waals surface area contributed by atoms with Crippen molar-refractivity contribution < 1.29 is 9.53 Å². The second-order valence-electron chi connectivity index (χ2n) is 7.50. The summed E-state index contributed by atoms with van der Waals surface area (Å²) >= 11 is 0. The summed E-state index contributed by atoms with van der Waals surface area (Å²) < 4.78 is 6.34. The topological polar surface area (TPSA) is 62.0 Å². The quantitative estimate of drug-likeness (QED) is 0.827. The molecule has 2 aliphatic heterocycles. The fourth-order valence-electron chi connectivity index (χ4n) is 3.93. The Kier molecular flexibility index (Phi) is 4.66. The molecule has 0 aliphatic carbocycles. The number of nitrogens with two attached hydrogens (primary N) is 1. The Morgan fingerprint density at radius 2 is 1.96 bits per heavy atom. The van der Waals surface area contributed by atoms with E-state index in [2.05, 4.69) is 17.0 Å². The number of amides is 2. The molecule has 142 valence electrons. The van der Waals surface area contributed by atoms with Crippen LogP contribution in [0.25, 0.3) is 0 Å². The van der Waals surface area contributed by atoms with E-state index in [0.717, 1.165) is 30.8 Å². The third kappa shape index (κ3) is 3.32. The number of rotatable bonds is 5. The van der Waals surface area contributed by atoms with E-state index in [4.69, 9.17) is 10.5 Å². The summed E-state index contributed by atoms with van der Waals surface area (Å²) in [4.78, 5) is 19.2. The number of nitrogens with zero attached hydrogens (tertiary/aromatic N) is 3. The molecule has 2 unspecified atom stereocenters. The first-order valence-electron chi connectivity index (χ1n) is 9.38. The van der Waals surface area contributed by atoms with Gasteiger partial charge in [-0.25, -0.2) is 4.79 Å². The van der Waals surface area contributed by atoms with E-state index in [1.54, 1.807) is 0 Å². The van der Waals surface area contributed by atoms with Crippen LogP contribution in [0.4, 0.5) is 16.2 Å². The number of anilines is 2. The van der Waals surface area contributed by atoms with Crippen molar-refractivity contribution in [1.29, 1.82) is 0 Å². The number of ether oxygens (including phenoxy) is 1. The van der Waals surface area contributed by atoms with Crippen LogP contribution in [0.3, 0.4) is 0 Å². The van der Waals surface area contributed by atoms with Crippen LogP contribution >= 0.6 is 0 Å². The zero-order chi connectivity index (χ0) is 19.0. The molecule has 2 aliphatic rings. The molecule has 6 nitrogen and oxygen atoms in total. The summed E-state index contributed by atoms with van der Waals surface area (Å²) in [7, 11) is 4.10. The van der Waals surface area contributed by atoms with Crippen LogP contribution in [0, 0.1) is 0 Å². The normalized spacial score (nSPS) is 21.2. The smallest absolute Gasteiger partial charge is 0.325 e. The number of carbonyl (C=O) groups excluding carboxylic acids is 1. The van der Waals surface area contributed by atoms with Gasteiger partial charge < -0.3 is 20.3 Å². The highest BCUT2D eigenvalue weighted by Gasteiger charge is 2.47. The average Bonchev–Trinajstić information content (AvgIpc) is 2.98. The highest BCUT2D eigenvalue weighted by Crippen LogP contribution is 2.45. The fraction of sp³-hybridized carbons (Fsp3) is 0.381. The molecule has 2 aromatic rings. The third-order valence-corrected chi connectivity index (χ3v) is 5.22. The predicted molar refractivity (Wildman–Crippen MR) is 107 cm³/mol. The van der Waals surface area contributed by atoms with Crippen LogP contribution in [0.15, 0.2) is 48.5 Å². The molecule has 2 atom stereocenters. The van der Waals surface area contributed by atoms with Crippen LogP contribution in [0.1, 0.15) is 18.1 Å². The number of benzene rings is 2. The van der Waals surface area contributed by atoms with Crippen LogP contribution in [-0.2, 0) is 0 Å². The van der Waals surface area contributed by atoms with Crippen LogP contribution in [-0.4, -0.2) is 55.6 Å². The molecule has 0 saturated carbocycles. The summed E-state index contributed by atoms with van der Waals surface area (Å²) in [5.74, 6) is 0.706. The highest BCUT2D eigenvalue weighted by molar-refractivity contribution is 5.98. The molecule has 2 aromatic carbocycles. The van der Waals surface area contributed by atoms with Gasteiger partial charge in [-0.3, -0.25) is 4.90 Å². The lowest BCUT2D eigenvalue weighted by Gasteiger charge is -2.37. The largest absolute Gasteiger partial charge is 0.481 e. The van der Waals surface area contributed by atoms with Gasteiger partial charge in [0.05, 0.1) is 11.7 Å². The van der Waals surface area contributed by atoms with Crippen molar-refractivity contribution in [3.63, 3.8) is 0 Å². The van der Waals surface area contributed by atoms with Gasteiger partial charge in [-0.05, 0) is 50.8 Å². The van der Waals surface area contributed by atoms with E-state index < -0.39 is 0 Å². The van der Waals surface area contributed by atoms with Crippen LogP contribution in [0.5, 0.6) is 5.75 Å². The number of urea groups is 1. The van der Waals surface area contributed by atoms with Gasteiger partial charge in [-0.15, -0.1) is 0 Å². The lowest BCUT2D eigenvalue weighted by molar-refractivity contribution is 0.159. The molecule has 0 bridgehead atoms. The van der Waals surface area contributed by atoms with Crippen molar-refractivity contribution in [2.75, 3.05) is 44.4 Å². The van der Waals surface area contributed by atoms with Crippen LogP contribution < -0.4 is 15.4 Å². The fourth-order valence-corrected chi connectivity index (χ4v) is 3.93. The standard InChI is InChI=1S/C21H26N4O2/c1-23(2)11-6-12-24-14-18-20(15-7-4-3-5-8-15)27-19-10-9-16(22)13-17(19)25(18)21(24)26/h3-5,7-10,13,18,20H,6,11-12,14,22H2,1-2H3. The summed E-state index contributed by atoms with van der Waals surface area (Å²) in [6.45, 7) is 2.35. The number of hydrogen-bond donors (Lipinski definition) is 1. The van der Waals surface area contributed by atoms with Gasteiger partial charge in [-0.1, -0.05) is 30.3 Å². The first kappa shape index (κ1) is 17.7. The second-order valence-corrected chi connectivity index (χ2v) is 7.50. The van der Waals surface area contributed by atoms with E-state index in [1.807, 2.05) is 60.3 Å². The monoisotopic (exact) mass is 366 g/mol. The summed E-state index contributed by atoms with van der Waals surface area (Å²) in [5, 5.41) is 0. The Labute approximate surface area is 160 Å². The molecule has 2 amide bonds. The SMILES string of the molecule is CN(C)CCCN1CC2C(c3ccccc3)Oc3ccc(N)cc3N2C1=O. The van der Waals surface area contributed by atoms with Gasteiger partial charge in [0.25, 0.3) is 0 Å². The molecule has 2 N–H and O–H groups in total. The van der Waals surface area contributed by atoms with Gasteiger partial charge in [0.2, 0.25) is 0 Å². The van der Waals surface area contributed by atoms with Gasteiger partial charge in [0.15, 0.2) is 0 Å². The predicted octanol–water partition coefficient (Wildman–Crippen LogP) is 2.96. The molecule has 1 saturated heterocycles. The summed E-state index contributed by atoms with van der Waals surface area (Å²) in [6, 6.07) is 15.6. The molecule has 27 heavy (non-hydrogen) atoms. The second kappa shape index (κ2) is 7.12. The van der Waals surface area contributed by atoms with E-state index in [1.165, 1.54) is 0 Å². The first-order chi connectivity index (χ1) is 13.0. The number of fused-ring (bicyclic) bond motifs is 3. The zero-order valence-electron chi connectivity index (χ0n) is 15.8. The minimum absolute atomic E-state index is 0.0369. The Hall–Kier alpha value is -2.73. The Bertz CT molecular complexity index is 824. The molecular formula is C21H26N4O2. The molecule has 0 aromatic heterocycles. The molecular weight excluding hydrogens is 340 g/mol. The van der Waals surface area contributed by atoms with Crippen LogP contribution in [0.2, 0.25) is 0 Å². The highest BCUT2D eigenvalue weighted by atomic mass is 16.5. The first-order valence-corrected chi connectivity index (χ1v) is 9.38. The van der Waals surface area contributed by atoms with Crippen molar-refractivity contribution in [3.8, 4) is 5.75 Å². The average molecular weight is 366 g/mol. The molecule has 0 radical (unpaired) electrons. The minimum Gasteiger partial charge on any atom is -0.481 e. The Morgan fingerprint density at radius 3 is 2.70 bits per heavy atom. The third-order valence-electron chi connectivity index (χ3n) is 5.22. The lowest BCUT2D eigenvalue weighted by Crippen LogP contribution is -2.43. The van der Waals surface area contributed by atoms with E-state index in [-0.39, 0.29) is 18.2 Å². The lowest BCUT2D eigenvalue weighted by atomic mass is 9.99. The Morgan fingerprint density at radius 1 is 1.19 bits per heavy atom. The molecule has 6 heteroatoms. The summed E-state index contributed by atoms with van der Waals surface area (Å²) in [6.07, 6.45) is 0.755. The van der Waals surface area contributed by atoms with Crippen molar-refractivity contribution in [3.05, 3.63) is 54.1 Å². The Balaban J connectivity index is 1.67. The van der Waals surface area contributed by atoms with Gasteiger partial charge in [0.1, 0.15) is 11.9 Å². The van der Waals surface area contributed by atoms with Crippen molar-refractivity contribution >= 4 is 17.4 Å². The van der Waals surface area contributed by atoms with Crippen molar-refractivity contribution in [1.82, 2.24) is 9.80 Å². The van der Waals surface area contributed by atoms with Crippen molar-refractivity contribution in [2.45, 2.75) is 18.6 Å². The van der Waals surface area contributed by atoms with E-state index in [0.29, 0.717) is 18.0 Å². The van der Waals surface area contributed by atoms with Crippen molar-refractivity contribution in [2.24, 2.45) is 0 Å². The maximum atomic E-state index is 13.2. The van der Waals surface area contributed by atoms with Gasteiger partial charge in [-0.2, -0.15) is 0 Å². The minimum atomic E-state index is -0.190. The molecule has 1 fully saturated rings.